The molecule has 110 valence electrons. The fourth-order valence-corrected chi connectivity index (χ4v) is 2.13. The largest absolute Gasteiger partial charge is 0.338 e. The molecule has 0 aliphatic carbocycles. The molecule has 0 fully saturated rings. The van der Waals surface area contributed by atoms with Gasteiger partial charge < -0.3 is 4.52 Å². The standard InChI is InChI=1S/C16H20N4O/c1-4-13-5-7-14(8-6-13)16-18-15(21-19-16)11-20(3)10-12(2)9-17/h5-8,12H,4,10-11H2,1-3H3/t12-/m0/s1. The van der Waals surface area contributed by atoms with E-state index in [4.69, 9.17) is 9.78 Å². The Hall–Kier alpha value is -2.19. The molecule has 0 spiro atoms. The highest BCUT2D eigenvalue weighted by atomic mass is 16.5. The first kappa shape index (κ1) is 15.2. The van der Waals surface area contributed by atoms with Crippen LogP contribution in [-0.4, -0.2) is 28.6 Å². The minimum Gasteiger partial charge on any atom is -0.338 e. The van der Waals surface area contributed by atoms with Crippen LogP contribution >= 0.6 is 0 Å². The Morgan fingerprint density at radius 1 is 1.33 bits per heavy atom. The maximum Gasteiger partial charge on any atom is 0.241 e. The van der Waals surface area contributed by atoms with Crippen LogP contribution in [0.25, 0.3) is 11.4 Å². The lowest BCUT2D eigenvalue weighted by atomic mass is 10.1. The maximum absolute atomic E-state index is 8.82. The van der Waals surface area contributed by atoms with Crippen LogP contribution in [0, 0.1) is 17.2 Å². The van der Waals surface area contributed by atoms with Crippen LogP contribution in [0.4, 0.5) is 0 Å². The van der Waals surface area contributed by atoms with Gasteiger partial charge in [0.25, 0.3) is 0 Å². The zero-order valence-corrected chi connectivity index (χ0v) is 12.7. The molecule has 0 amide bonds. The number of hydrogen-bond acceptors (Lipinski definition) is 5. The van der Waals surface area contributed by atoms with E-state index in [1.165, 1.54) is 5.56 Å². The van der Waals surface area contributed by atoms with Gasteiger partial charge in [0.05, 0.1) is 18.5 Å². The summed E-state index contributed by atoms with van der Waals surface area (Å²) in [6, 6.07) is 10.4. The van der Waals surface area contributed by atoms with E-state index in [0.29, 0.717) is 24.8 Å². The first-order valence-corrected chi connectivity index (χ1v) is 7.12. The second kappa shape index (κ2) is 7.00. The van der Waals surface area contributed by atoms with Gasteiger partial charge in [-0.15, -0.1) is 0 Å². The molecule has 5 heteroatoms. The third kappa shape index (κ3) is 4.14. The Balaban J connectivity index is 2.02. The zero-order valence-electron chi connectivity index (χ0n) is 12.7. The monoisotopic (exact) mass is 284 g/mol. The molecular formula is C16H20N4O. The van der Waals surface area contributed by atoms with Gasteiger partial charge in [0, 0.05) is 12.1 Å². The van der Waals surface area contributed by atoms with Crippen LogP contribution in [0.15, 0.2) is 28.8 Å². The fraction of sp³-hybridized carbons (Fsp3) is 0.438. The molecule has 0 radical (unpaired) electrons. The topological polar surface area (TPSA) is 66.0 Å². The highest BCUT2D eigenvalue weighted by molar-refractivity contribution is 5.54. The van der Waals surface area contributed by atoms with Crippen molar-refractivity contribution in [3.05, 3.63) is 35.7 Å². The van der Waals surface area contributed by atoms with E-state index in [9.17, 15) is 0 Å². The van der Waals surface area contributed by atoms with Crippen molar-refractivity contribution < 1.29 is 4.52 Å². The number of hydrogen-bond donors (Lipinski definition) is 0. The molecule has 0 saturated heterocycles. The number of nitrogens with zero attached hydrogens (tertiary/aromatic N) is 4. The predicted molar refractivity (Wildman–Crippen MR) is 80.2 cm³/mol. The predicted octanol–water partition coefficient (Wildman–Crippen LogP) is 2.89. The van der Waals surface area contributed by atoms with Crippen molar-refractivity contribution in [1.29, 1.82) is 5.26 Å². The second-order valence-electron chi connectivity index (χ2n) is 5.29. The molecule has 1 aromatic heterocycles. The Bertz CT molecular complexity index is 612. The van der Waals surface area contributed by atoms with Crippen LogP contribution < -0.4 is 0 Å². The summed E-state index contributed by atoms with van der Waals surface area (Å²) in [4.78, 5) is 6.41. The number of rotatable bonds is 6. The summed E-state index contributed by atoms with van der Waals surface area (Å²) >= 11 is 0. The van der Waals surface area contributed by atoms with Gasteiger partial charge in [0.2, 0.25) is 11.7 Å². The number of benzene rings is 1. The molecule has 21 heavy (non-hydrogen) atoms. The zero-order chi connectivity index (χ0) is 15.2. The molecule has 0 N–H and O–H groups in total. The Kier molecular flexibility index (Phi) is 5.07. The van der Waals surface area contributed by atoms with Gasteiger partial charge in [-0.1, -0.05) is 36.3 Å². The maximum atomic E-state index is 8.82. The van der Waals surface area contributed by atoms with Gasteiger partial charge in [-0.2, -0.15) is 10.2 Å². The lowest BCUT2D eigenvalue weighted by molar-refractivity contribution is 0.253. The molecule has 1 heterocycles. The number of aromatic nitrogens is 2. The van der Waals surface area contributed by atoms with Crippen LogP contribution in [-0.2, 0) is 13.0 Å². The van der Waals surface area contributed by atoms with E-state index in [1.807, 2.05) is 31.0 Å². The lowest BCUT2D eigenvalue weighted by Crippen LogP contribution is -2.23. The molecule has 0 aliphatic heterocycles. The summed E-state index contributed by atoms with van der Waals surface area (Å²) < 4.78 is 5.28. The van der Waals surface area contributed by atoms with E-state index >= 15 is 0 Å². The van der Waals surface area contributed by atoms with Crippen LogP contribution in [0.2, 0.25) is 0 Å². The van der Waals surface area contributed by atoms with Crippen LogP contribution in [0.3, 0.4) is 0 Å². The van der Waals surface area contributed by atoms with Crippen molar-refractivity contribution >= 4 is 0 Å². The normalized spacial score (nSPS) is 12.3. The number of aryl methyl sites for hydroxylation is 1. The van der Waals surface area contributed by atoms with Gasteiger partial charge in [-0.3, -0.25) is 4.90 Å². The minimum atomic E-state index is -0.0148. The summed E-state index contributed by atoms with van der Waals surface area (Å²) in [6.45, 7) is 5.25. The van der Waals surface area contributed by atoms with E-state index in [1.54, 1.807) is 0 Å². The molecule has 2 aromatic rings. The average Bonchev–Trinajstić information content (AvgIpc) is 2.95. The Morgan fingerprint density at radius 2 is 2.05 bits per heavy atom. The third-order valence-electron chi connectivity index (χ3n) is 3.30. The molecule has 2 rings (SSSR count). The summed E-state index contributed by atoms with van der Waals surface area (Å²) in [6.07, 6.45) is 1.01. The molecular weight excluding hydrogens is 264 g/mol. The molecule has 0 saturated carbocycles. The van der Waals surface area contributed by atoms with Crippen LogP contribution in [0.5, 0.6) is 0 Å². The summed E-state index contributed by atoms with van der Waals surface area (Å²) in [5.74, 6) is 1.16. The van der Waals surface area contributed by atoms with Gasteiger partial charge in [-0.25, -0.2) is 0 Å². The van der Waals surface area contributed by atoms with Crippen molar-refractivity contribution in [2.24, 2.45) is 5.92 Å². The third-order valence-corrected chi connectivity index (χ3v) is 3.30. The molecule has 0 bridgehead atoms. The molecule has 0 aliphatic rings. The van der Waals surface area contributed by atoms with Crippen molar-refractivity contribution in [3.63, 3.8) is 0 Å². The van der Waals surface area contributed by atoms with Gasteiger partial charge >= 0.3 is 0 Å². The highest BCUT2D eigenvalue weighted by Gasteiger charge is 2.12. The second-order valence-corrected chi connectivity index (χ2v) is 5.29. The van der Waals surface area contributed by atoms with Gasteiger partial charge in [-0.05, 0) is 26.0 Å². The van der Waals surface area contributed by atoms with Crippen molar-refractivity contribution in [1.82, 2.24) is 15.0 Å². The molecule has 5 nitrogen and oxygen atoms in total. The lowest BCUT2D eigenvalue weighted by Gasteiger charge is -2.14. The first-order chi connectivity index (χ1) is 10.1. The Labute approximate surface area is 125 Å². The van der Waals surface area contributed by atoms with Crippen molar-refractivity contribution in [3.8, 4) is 17.5 Å². The van der Waals surface area contributed by atoms with Gasteiger partial charge in [0.1, 0.15) is 0 Å². The van der Waals surface area contributed by atoms with E-state index in [-0.39, 0.29) is 5.92 Å². The number of nitriles is 1. The molecule has 1 aromatic carbocycles. The van der Waals surface area contributed by atoms with E-state index in [2.05, 4.69) is 35.3 Å². The summed E-state index contributed by atoms with van der Waals surface area (Å²) in [5.41, 5.74) is 2.24. The van der Waals surface area contributed by atoms with Crippen molar-refractivity contribution in [2.45, 2.75) is 26.8 Å². The first-order valence-electron chi connectivity index (χ1n) is 7.12. The smallest absolute Gasteiger partial charge is 0.241 e. The summed E-state index contributed by atoms with van der Waals surface area (Å²) in [7, 11) is 1.94. The Morgan fingerprint density at radius 3 is 2.67 bits per heavy atom. The SMILES string of the molecule is CCc1ccc(-c2noc(CN(C)C[C@@H](C)C#N)n2)cc1. The van der Waals surface area contributed by atoms with E-state index in [0.717, 1.165) is 12.0 Å². The molecule has 0 unspecified atom stereocenters. The quantitative estimate of drug-likeness (QED) is 0.816. The molecule has 1 atom stereocenters. The minimum absolute atomic E-state index is 0.0148. The summed E-state index contributed by atoms with van der Waals surface area (Å²) in [5, 5.41) is 12.8. The average molecular weight is 284 g/mol. The van der Waals surface area contributed by atoms with E-state index < -0.39 is 0 Å². The van der Waals surface area contributed by atoms with Gasteiger partial charge in [0.15, 0.2) is 0 Å². The highest BCUT2D eigenvalue weighted by Crippen LogP contribution is 2.17. The fourth-order valence-electron chi connectivity index (χ4n) is 2.13. The van der Waals surface area contributed by atoms with Crippen molar-refractivity contribution in [2.75, 3.05) is 13.6 Å². The van der Waals surface area contributed by atoms with Crippen LogP contribution in [0.1, 0.15) is 25.3 Å².